The standard InChI is InChI=1S/C17H24N4/c1-2-16(17-18-9-10-19-17)20-13-14-5-7-15(8-6-14)21-11-3-4-12-21/h5-10,16,20H,2-4,11-13H2,1H3,(H,18,19). The zero-order valence-corrected chi connectivity index (χ0v) is 12.7. The van der Waals surface area contributed by atoms with Crippen molar-refractivity contribution >= 4 is 5.69 Å². The summed E-state index contributed by atoms with van der Waals surface area (Å²) in [7, 11) is 0. The van der Waals surface area contributed by atoms with Gasteiger partial charge in [-0.15, -0.1) is 0 Å². The summed E-state index contributed by atoms with van der Waals surface area (Å²) in [5, 5.41) is 3.57. The normalized spacial score (nSPS) is 16.3. The fraction of sp³-hybridized carbons (Fsp3) is 0.471. The number of nitrogens with one attached hydrogen (secondary N) is 2. The Kier molecular flexibility index (Phi) is 4.55. The van der Waals surface area contributed by atoms with Crippen LogP contribution in [0.4, 0.5) is 5.69 Å². The highest BCUT2D eigenvalue weighted by Crippen LogP contribution is 2.21. The number of hydrogen-bond donors (Lipinski definition) is 2. The lowest BCUT2D eigenvalue weighted by Crippen LogP contribution is -2.21. The molecule has 0 radical (unpaired) electrons. The molecular weight excluding hydrogens is 260 g/mol. The first kappa shape index (κ1) is 14.1. The molecule has 0 spiro atoms. The van der Waals surface area contributed by atoms with E-state index >= 15 is 0 Å². The Morgan fingerprint density at radius 1 is 1.24 bits per heavy atom. The number of hydrogen-bond acceptors (Lipinski definition) is 3. The van der Waals surface area contributed by atoms with Gasteiger partial charge in [0.25, 0.3) is 0 Å². The topological polar surface area (TPSA) is 44.0 Å². The molecule has 112 valence electrons. The minimum atomic E-state index is 0.290. The van der Waals surface area contributed by atoms with Crippen molar-refractivity contribution in [1.82, 2.24) is 15.3 Å². The zero-order chi connectivity index (χ0) is 14.5. The highest BCUT2D eigenvalue weighted by atomic mass is 15.1. The van der Waals surface area contributed by atoms with Gasteiger partial charge in [0, 0.05) is 37.7 Å². The van der Waals surface area contributed by atoms with Crippen LogP contribution in [0, 0.1) is 0 Å². The first-order valence-electron chi connectivity index (χ1n) is 7.93. The maximum Gasteiger partial charge on any atom is 0.123 e. The van der Waals surface area contributed by atoms with Gasteiger partial charge >= 0.3 is 0 Å². The second-order valence-corrected chi connectivity index (χ2v) is 5.68. The molecule has 1 fully saturated rings. The van der Waals surface area contributed by atoms with E-state index in [9.17, 15) is 0 Å². The summed E-state index contributed by atoms with van der Waals surface area (Å²) in [6, 6.07) is 9.25. The van der Waals surface area contributed by atoms with E-state index in [0.29, 0.717) is 6.04 Å². The van der Waals surface area contributed by atoms with Crippen molar-refractivity contribution in [2.45, 2.75) is 38.8 Å². The van der Waals surface area contributed by atoms with Gasteiger partial charge in [0.05, 0.1) is 6.04 Å². The fourth-order valence-electron chi connectivity index (χ4n) is 2.94. The summed E-state index contributed by atoms with van der Waals surface area (Å²) in [6.45, 7) is 5.46. The van der Waals surface area contributed by atoms with Crippen LogP contribution in [0.25, 0.3) is 0 Å². The highest BCUT2D eigenvalue weighted by molar-refractivity contribution is 5.48. The predicted molar refractivity (Wildman–Crippen MR) is 86.3 cm³/mol. The lowest BCUT2D eigenvalue weighted by molar-refractivity contribution is 0.498. The van der Waals surface area contributed by atoms with Crippen LogP contribution >= 0.6 is 0 Å². The molecule has 1 aliphatic rings. The maximum absolute atomic E-state index is 4.34. The summed E-state index contributed by atoms with van der Waals surface area (Å²) in [6.07, 6.45) is 7.36. The first-order chi connectivity index (χ1) is 10.4. The number of H-pyrrole nitrogens is 1. The van der Waals surface area contributed by atoms with E-state index in [0.717, 1.165) is 18.8 Å². The lowest BCUT2D eigenvalue weighted by Gasteiger charge is -2.18. The van der Waals surface area contributed by atoms with Crippen molar-refractivity contribution in [2.75, 3.05) is 18.0 Å². The van der Waals surface area contributed by atoms with Gasteiger partial charge in [0.2, 0.25) is 0 Å². The lowest BCUT2D eigenvalue weighted by atomic mass is 10.1. The monoisotopic (exact) mass is 284 g/mol. The smallest absolute Gasteiger partial charge is 0.123 e. The molecule has 0 aliphatic carbocycles. The van der Waals surface area contributed by atoms with Crippen LogP contribution in [0.1, 0.15) is 43.6 Å². The van der Waals surface area contributed by atoms with Crippen LogP contribution < -0.4 is 10.2 Å². The number of aromatic amines is 1. The van der Waals surface area contributed by atoms with Crippen LogP contribution in [0.2, 0.25) is 0 Å². The van der Waals surface area contributed by atoms with Gasteiger partial charge in [-0.05, 0) is 37.0 Å². The van der Waals surface area contributed by atoms with Gasteiger partial charge in [-0.2, -0.15) is 0 Å². The molecule has 3 rings (SSSR count). The van der Waals surface area contributed by atoms with Crippen molar-refractivity contribution in [3.63, 3.8) is 0 Å². The molecule has 0 bridgehead atoms. The van der Waals surface area contributed by atoms with Gasteiger partial charge in [0.15, 0.2) is 0 Å². The number of anilines is 1. The van der Waals surface area contributed by atoms with Crippen molar-refractivity contribution in [2.24, 2.45) is 0 Å². The summed E-state index contributed by atoms with van der Waals surface area (Å²) in [4.78, 5) is 10.00. The average Bonchev–Trinajstić information content (AvgIpc) is 3.22. The Morgan fingerprint density at radius 3 is 2.62 bits per heavy atom. The predicted octanol–water partition coefficient (Wildman–Crippen LogP) is 3.25. The zero-order valence-electron chi connectivity index (χ0n) is 12.7. The number of imidazole rings is 1. The summed E-state index contributed by atoms with van der Waals surface area (Å²) < 4.78 is 0. The quantitative estimate of drug-likeness (QED) is 0.856. The SMILES string of the molecule is CCC(NCc1ccc(N2CCCC2)cc1)c1ncc[nH]1. The van der Waals surface area contributed by atoms with Gasteiger partial charge in [-0.1, -0.05) is 19.1 Å². The van der Waals surface area contributed by atoms with Crippen molar-refractivity contribution in [3.05, 3.63) is 48.0 Å². The van der Waals surface area contributed by atoms with E-state index in [1.54, 1.807) is 0 Å². The number of aromatic nitrogens is 2. The first-order valence-corrected chi connectivity index (χ1v) is 7.93. The van der Waals surface area contributed by atoms with Crippen molar-refractivity contribution in [3.8, 4) is 0 Å². The molecule has 2 aromatic rings. The van der Waals surface area contributed by atoms with Crippen molar-refractivity contribution in [1.29, 1.82) is 0 Å². The Balaban J connectivity index is 1.57. The number of nitrogens with zero attached hydrogens (tertiary/aromatic N) is 2. The van der Waals surface area contributed by atoms with E-state index < -0.39 is 0 Å². The molecule has 1 saturated heterocycles. The average molecular weight is 284 g/mol. The van der Waals surface area contributed by atoms with E-state index in [2.05, 4.69) is 51.4 Å². The van der Waals surface area contributed by atoms with E-state index in [1.165, 1.54) is 37.2 Å². The third-order valence-electron chi connectivity index (χ3n) is 4.22. The summed E-state index contributed by atoms with van der Waals surface area (Å²) >= 11 is 0. The van der Waals surface area contributed by atoms with Gasteiger partial charge < -0.3 is 15.2 Å². The Labute approximate surface area is 126 Å². The van der Waals surface area contributed by atoms with Crippen LogP contribution in [-0.2, 0) is 6.54 Å². The van der Waals surface area contributed by atoms with Crippen LogP contribution in [0.15, 0.2) is 36.7 Å². The van der Waals surface area contributed by atoms with Crippen LogP contribution in [0.3, 0.4) is 0 Å². The molecule has 1 aromatic carbocycles. The molecule has 2 heterocycles. The molecule has 1 aliphatic heterocycles. The highest BCUT2D eigenvalue weighted by Gasteiger charge is 2.13. The molecule has 1 aromatic heterocycles. The molecule has 0 amide bonds. The molecule has 4 heteroatoms. The third kappa shape index (κ3) is 3.45. The molecule has 1 atom stereocenters. The second-order valence-electron chi connectivity index (χ2n) is 5.68. The van der Waals surface area contributed by atoms with Gasteiger partial charge in [-0.3, -0.25) is 0 Å². The van der Waals surface area contributed by atoms with E-state index in [1.807, 2.05) is 12.4 Å². The van der Waals surface area contributed by atoms with Crippen LogP contribution in [0.5, 0.6) is 0 Å². The molecule has 4 nitrogen and oxygen atoms in total. The van der Waals surface area contributed by atoms with E-state index in [4.69, 9.17) is 0 Å². The Bertz CT molecular complexity index is 526. The third-order valence-corrected chi connectivity index (χ3v) is 4.22. The molecular formula is C17H24N4. The Hall–Kier alpha value is -1.81. The van der Waals surface area contributed by atoms with Gasteiger partial charge in [-0.25, -0.2) is 4.98 Å². The summed E-state index contributed by atoms with van der Waals surface area (Å²) in [5.74, 6) is 1.02. The number of rotatable bonds is 6. The van der Waals surface area contributed by atoms with Crippen molar-refractivity contribution < 1.29 is 0 Å². The minimum absolute atomic E-state index is 0.290. The molecule has 2 N–H and O–H groups in total. The second kappa shape index (κ2) is 6.76. The molecule has 21 heavy (non-hydrogen) atoms. The van der Waals surface area contributed by atoms with Crippen LogP contribution in [-0.4, -0.2) is 23.1 Å². The summed E-state index contributed by atoms with van der Waals surface area (Å²) in [5.41, 5.74) is 2.68. The van der Waals surface area contributed by atoms with Gasteiger partial charge in [0.1, 0.15) is 5.82 Å². The largest absolute Gasteiger partial charge is 0.372 e. The molecule has 0 saturated carbocycles. The Morgan fingerprint density at radius 2 is 2.00 bits per heavy atom. The maximum atomic E-state index is 4.34. The fourth-order valence-corrected chi connectivity index (χ4v) is 2.94. The number of benzene rings is 1. The minimum Gasteiger partial charge on any atom is -0.372 e. The van der Waals surface area contributed by atoms with E-state index in [-0.39, 0.29) is 0 Å². The molecule has 1 unspecified atom stereocenters.